The van der Waals surface area contributed by atoms with Gasteiger partial charge in [0.25, 0.3) is 0 Å². The van der Waals surface area contributed by atoms with E-state index in [1.165, 1.54) is 0 Å². The summed E-state index contributed by atoms with van der Waals surface area (Å²) in [5.74, 6) is 0.985. The van der Waals surface area contributed by atoms with Crippen LogP contribution in [0.2, 0.25) is 0 Å². The fourth-order valence-electron chi connectivity index (χ4n) is 1.46. The van der Waals surface area contributed by atoms with Gasteiger partial charge >= 0.3 is 0 Å². The molecule has 0 aliphatic rings. The van der Waals surface area contributed by atoms with E-state index in [0.717, 1.165) is 11.3 Å². The van der Waals surface area contributed by atoms with Crippen LogP contribution in [0.5, 0.6) is 5.75 Å². The molecule has 94 valence electrons. The van der Waals surface area contributed by atoms with Crippen molar-refractivity contribution in [3.8, 4) is 5.75 Å². The van der Waals surface area contributed by atoms with Crippen LogP contribution in [0.1, 0.15) is 18.4 Å². The maximum absolute atomic E-state index is 8.90. The van der Waals surface area contributed by atoms with Crippen LogP contribution in [0.25, 0.3) is 0 Å². The van der Waals surface area contributed by atoms with Gasteiger partial charge in [0.1, 0.15) is 11.6 Å². The van der Waals surface area contributed by atoms with Crippen molar-refractivity contribution in [2.75, 3.05) is 13.2 Å². The fourth-order valence-corrected chi connectivity index (χ4v) is 1.46. The summed E-state index contributed by atoms with van der Waals surface area (Å²) < 4.78 is 5.58. The standard InChI is InChI=1S/C12H18N2O3/c13-12(14-16)6-3-9-17-11-5-2-1-4-10(11)7-8-15/h1-2,4-5,15-16H,3,6-9H2,(H2,13,14). The lowest BCUT2D eigenvalue weighted by atomic mass is 10.1. The molecule has 0 atom stereocenters. The van der Waals surface area contributed by atoms with Gasteiger partial charge in [-0.1, -0.05) is 23.4 Å². The molecule has 17 heavy (non-hydrogen) atoms. The zero-order valence-corrected chi connectivity index (χ0v) is 9.67. The van der Waals surface area contributed by atoms with Crippen molar-refractivity contribution >= 4 is 5.84 Å². The number of nitrogens with two attached hydrogens (primary N) is 1. The third-order valence-corrected chi connectivity index (χ3v) is 2.32. The monoisotopic (exact) mass is 238 g/mol. The third-order valence-electron chi connectivity index (χ3n) is 2.32. The summed E-state index contributed by atoms with van der Waals surface area (Å²) in [6.45, 7) is 0.600. The molecule has 0 saturated carbocycles. The molecule has 0 unspecified atom stereocenters. The van der Waals surface area contributed by atoms with Crippen molar-refractivity contribution in [3.05, 3.63) is 29.8 Å². The number of oxime groups is 1. The number of aliphatic hydroxyl groups excluding tert-OH is 1. The maximum atomic E-state index is 8.90. The fraction of sp³-hybridized carbons (Fsp3) is 0.417. The number of nitrogens with zero attached hydrogens (tertiary/aromatic N) is 1. The molecule has 0 aliphatic carbocycles. The highest BCUT2D eigenvalue weighted by Gasteiger charge is 2.02. The van der Waals surface area contributed by atoms with Crippen LogP contribution in [0.4, 0.5) is 0 Å². The van der Waals surface area contributed by atoms with Crippen LogP contribution in [0.3, 0.4) is 0 Å². The summed E-state index contributed by atoms with van der Waals surface area (Å²) in [5.41, 5.74) is 6.33. The maximum Gasteiger partial charge on any atom is 0.139 e. The molecule has 0 spiro atoms. The smallest absolute Gasteiger partial charge is 0.139 e. The lowest BCUT2D eigenvalue weighted by Crippen LogP contribution is -2.13. The van der Waals surface area contributed by atoms with E-state index >= 15 is 0 Å². The minimum atomic E-state index is 0.102. The van der Waals surface area contributed by atoms with Gasteiger partial charge < -0.3 is 20.8 Å². The normalized spacial score (nSPS) is 11.5. The summed E-state index contributed by atoms with van der Waals surface area (Å²) in [6, 6.07) is 7.59. The SMILES string of the molecule is N/C(CCCOc1ccccc1CCO)=N/O. The van der Waals surface area contributed by atoms with Gasteiger partial charge in [-0.3, -0.25) is 0 Å². The van der Waals surface area contributed by atoms with E-state index < -0.39 is 0 Å². The largest absolute Gasteiger partial charge is 0.493 e. The van der Waals surface area contributed by atoms with Crippen molar-refractivity contribution < 1.29 is 15.1 Å². The topological polar surface area (TPSA) is 88.1 Å². The first kappa shape index (κ1) is 13.3. The summed E-state index contributed by atoms with van der Waals surface area (Å²) >= 11 is 0. The van der Waals surface area contributed by atoms with E-state index in [9.17, 15) is 0 Å². The molecule has 1 aromatic carbocycles. The zero-order chi connectivity index (χ0) is 12.5. The van der Waals surface area contributed by atoms with Gasteiger partial charge in [0.2, 0.25) is 0 Å². The molecule has 0 aromatic heterocycles. The summed E-state index contributed by atoms with van der Waals surface area (Å²) in [4.78, 5) is 0. The first-order valence-corrected chi connectivity index (χ1v) is 5.56. The molecule has 0 fully saturated rings. The highest BCUT2D eigenvalue weighted by molar-refractivity contribution is 5.79. The Hall–Kier alpha value is -1.75. The first-order chi connectivity index (χ1) is 8.27. The quantitative estimate of drug-likeness (QED) is 0.218. The molecule has 0 radical (unpaired) electrons. The number of para-hydroxylation sites is 1. The van der Waals surface area contributed by atoms with E-state index in [4.69, 9.17) is 20.8 Å². The van der Waals surface area contributed by atoms with Crippen molar-refractivity contribution in [3.63, 3.8) is 0 Å². The lowest BCUT2D eigenvalue weighted by Gasteiger charge is -2.10. The highest BCUT2D eigenvalue weighted by atomic mass is 16.5. The molecule has 1 rings (SSSR count). The number of ether oxygens (including phenoxy) is 1. The summed E-state index contributed by atoms with van der Waals surface area (Å²) in [6.07, 6.45) is 1.76. The van der Waals surface area contributed by atoms with Crippen LogP contribution >= 0.6 is 0 Å². The molecule has 4 N–H and O–H groups in total. The van der Waals surface area contributed by atoms with Gasteiger partial charge in [0.05, 0.1) is 6.61 Å². The minimum absolute atomic E-state index is 0.102. The van der Waals surface area contributed by atoms with E-state index in [-0.39, 0.29) is 12.4 Å². The molecular formula is C12H18N2O3. The Bertz CT molecular complexity index is 367. The van der Waals surface area contributed by atoms with E-state index in [1.54, 1.807) is 0 Å². The Labute approximate surface area is 101 Å². The van der Waals surface area contributed by atoms with Crippen molar-refractivity contribution in [2.24, 2.45) is 10.9 Å². The van der Waals surface area contributed by atoms with Crippen LogP contribution in [-0.4, -0.2) is 29.4 Å². The first-order valence-electron chi connectivity index (χ1n) is 5.56. The third kappa shape index (κ3) is 4.74. The number of hydrogen-bond donors (Lipinski definition) is 3. The molecule has 5 heteroatoms. The van der Waals surface area contributed by atoms with Crippen LogP contribution < -0.4 is 10.5 Å². The van der Waals surface area contributed by atoms with Gasteiger partial charge in [0, 0.05) is 13.0 Å². The van der Waals surface area contributed by atoms with Gasteiger partial charge in [-0.05, 0) is 24.5 Å². The van der Waals surface area contributed by atoms with Gasteiger partial charge in [0.15, 0.2) is 0 Å². The predicted octanol–water partition coefficient (Wildman–Crippen LogP) is 1.13. The number of amidine groups is 1. The average Bonchev–Trinajstić information content (AvgIpc) is 2.36. The zero-order valence-electron chi connectivity index (χ0n) is 9.67. The van der Waals surface area contributed by atoms with Crippen molar-refractivity contribution in [1.82, 2.24) is 0 Å². The molecule has 0 bridgehead atoms. The molecule has 0 amide bonds. The van der Waals surface area contributed by atoms with Crippen LogP contribution in [0.15, 0.2) is 29.4 Å². The Morgan fingerprint density at radius 1 is 1.35 bits per heavy atom. The number of rotatable bonds is 7. The summed E-state index contributed by atoms with van der Waals surface area (Å²) in [7, 11) is 0. The molecule has 0 aliphatic heterocycles. The Kier molecular flexibility index (Phi) is 5.88. The Morgan fingerprint density at radius 3 is 2.82 bits per heavy atom. The number of aliphatic hydroxyl groups is 1. The second-order valence-corrected chi connectivity index (χ2v) is 3.62. The van der Waals surface area contributed by atoms with Crippen molar-refractivity contribution in [1.29, 1.82) is 0 Å². The van der Waals surface area contributed by atoms with Crippen LogP contribution in [-0.2, 0) is 6.42 Å². The average molecular weight is 238 g/mol. The Balaban J connectivity index is 2.40. The number of benzene rings is 1. The molecular weight excluding hydrogens is 220 g/mol. The van der Waals surface area contributed by atoms with E-state index in [2.05, 4.69) is 5.16 Å². The number of hydrogen-bond acceptors (Lipinski definition) is 4. The van der Waals surface area contributed by atoms with Gasteiger partial charge in [-0.2, -0.15) is 0 Å². The van der Waals surface area contributed by atoms with E-state index in [1.807, 2.05) is 24.3 Å². The van der Waals surface area contributed by atoms with Crippen molar-refractivity contribution in [2.45, 2.75) is 19.3 Å². The second-order valence-electron chi connectivity index (χ2n) is 3.62. The van der Waals surface area contributed by atoms with Gasteiger partial charge in [-0.25, -0.2) is 0 Å². The molecule has 0 saturated heterocycles. The molecule has 5 nitrogen and oxygen atoms in total. The molecule has 0 heterocycles. The lowest BCUT2D eigenvalue weighted by molar-refractivity contribution is 0.286. The van der Waals surface area contributed by atoms with Gasteiger partial charge in [-0.15, -0.1) is 0 Å². The van der Waals surface area contributed by atoms with Crippen LogP contribution in [0, 0.1) is 0 Å². The van der Waals surface area contributed by atoms with E-state index in [0.29, 0.717) is 25.9 Å². The molecule has 1 aromatic rings. The Morgan fingerprint density at radius 2 is 2.12 bits per heavy atom. The predicted molar refractivity (Wildman–Crippen MR) is 65.4 cm³/mol. The summed E-state index contributed by atoms with van der Waals surface area (Å²) in [5, 5.41) is 20.2. The second kappa shape index (κ2) is 7.51. The minimum Gasteiger partial charge on any atom is -0.493 e. The highest BCUT2D eigenvalue weighted by Crippen LogP contribution is 2.18.